The molecule has 4 unspecified atom stereocenters. The fourth-order valence-electron chi connectivity index (χ4n) is 3.52. The molecule has 0 aromatic rings. The van der Waals surface area contributed by atoms with Crippen LogP contribution in [0, 0.1) is 23.7 Å². The summed E-state index contributed by atoms with van der Waals surface area (Å²) in [4.78, 5) is 0. The van der Waals surface area contributed by atoms with Crippen LogP contribution in [-0.2, 0) is 0 Å². The molecule has 2 saturated carbocycles. The second-order valence-electron chi connectivity index (χ2n) is 4.63. The van der Waals surface area contributed by atoms with Gasteiger partial charge in [-0.3, -0.25) is 0 Å². The van der Waals surface area contributed by atoms with Crippen molar-refractivity contribution >= 4 is 0 Å². The Balaban J connectivity index is 2.04. The van der Waals surface area contributed by atoms with Gasteiger partial charge in [0.2, 0.25) is 0 Å². The highest BCUT2D eigenvalue weighted by molar-refractivity contribution is 4.91. The summed E-state index contributed by atoms with van der Waals surface area (Å²) in [5.74, 6) is 4.41. The molecular weight excluding hydrogens is 132 g/mol. The first-order valence-electron chi connectivity index (χ1n) is 5.33. The summed E-state index contributed by atoms with van der Waals surface area (Å²) in [7, 11) is 0. The fourth-order valence-corrected chi connectivity index (χ4v) is 3.52. The Morgan fingerprint density at radius 1 is 1.00 bits per heavy atom. The highest BCUT2D eigenvalue weighted by Gasteiger charge is 2.41. The van der Waals surface area contributed by atoms with Gasteiger partial charge in [0.15, 0.2) is 0 Å². The summed E-state index contributed by atoms with van der Waals surface area (Å²) in [6.45, 7) is 4.83. The van der Waals surface area contributed by atoms with Gasteiger partial charge in [-0.05, 0) is 42.9 Å². The zero-order valence-electron chi connectivity index (χ0n) is 7.84. The standard InChI is InChI=1S/C11H20/c1-3-9-5-7-10-8(2)4-6-11(9)10/h8-11H,3-7H2,1-2H3. The molecule has 2 rings (SSSR count). The monoisotopic (exact) mass is 152 g/mol. The van der Waals surface area contributed by atoms with E-state index < -0.39 is 0 Å². The van der Waals surface area contributed by atoms with Gasteiger partial charge < -0.3 is 0 Å². The second-order valence-corrected chi connectivity index (χ2v) is 4.63. The molecule has 2 aliphatic rings. The van der Waals surface area contributed by atoms with E-state index in [1.165, 1.54) is 19.3 Å². The Morgan fingerprint density at radius 2 is 1.73 bits per heavy atom. The normalized spacial score (nSPS) is 49.6. The minimum absolute atomic E-state index is 1.05. The van der Waals surface area contributed by atoms with Gasteiger partial charge in [-0.2, -0.15) is 0 Å². The zero-order chi connectivity index (χ0) is 7.84. The van der Waals surface area contributed by atoms with E-state index in [-0.39, 0.29) is 0 Å². The molecule has 0 saturated heterocycles. The molecule has 2 aliphatic carbocycles. The molecule has 0 aromatic carbocycles. The van der Waals surface area contributed by atoms with E-state index in [4.69, 9.17) is 0 Å². The smallest absolute Gasteiger partial charge is 0.0355 e. The maximum Gasteiger partial charge on any atom is -0.0355 e. The van der Waals surface area contributed by atoms with Crippen LogP contribution in [0.1, 0.15) is 46.0 Å². The van der Waals surface area contributed by atoms with Gasteiger partial charge in [0.25, 0.3) is 0 Å². The lowest BCUT2D eigenvalue weighted by atomic mass is 9.88. The van der Waals surface area contributed by atoms with E-state index in [0.717, 1.165) is 23.7 Å². The van der Waals surface area contributed by atoms with E-state index in [2.05, 4.69) is 13.8 Å². The van der Waals surface area contributed by atoms with Crippen LogP contribution in [0.5, 0.6) is 0 Å². The molecule has 0 bridgehead atoms. The average molecular weight is 152 g/mol. The number of rotatable bonds is 1. The predicted molar refractivity (Wildman–Crippen MR) is 48.4 cm³/mol. The van der Waals surface area contributed by atoms with Gasteiger partial charge in [0.1, 0.15) is 0 Å². The van der Waals surface area contributed by atoms with Crippen molar-refractivity contribution in [1.29, 1.82) is 0 Å². The van der Waals surface area contributed by atoms with E-state index in [9.17, 15) is 0 Å². The van der Waals surface area contributed by atoms with Crippen LogP contribution in [0.3, 0.4) is 0 Å². The van der Waals surface area contributed by atoms with Crippen LogP contribution in [0.2, 0.25) is 0 Å². The van der Waals surface area contributed by atoms with Gasteiger partial charge in [-0.25, -0.2) is 0 Å². The molecule has 0 N–H and O–H groups in total. The molecule has 4 atom stereocenters. The number of hydrogen-bond acceptors (Lipinski definition) is 0. The average Bonchev–Trinajstić information content (AvgIpc) is 2.53. The summed E-state index contributed by atoms with van der Waals surface area (Å²) in [5.41, 5.74) is 0. The van der Waals surface area contributed by atoms with Crippen LogP contribution < -0.4 is 0 Å². The van der Waals surface area contributed by atoms with Gasteiger partial charge in [0.05, 0.1) is 0 Å². The van der Waals surface area contributed by atoms with E-state index in [1.807, 2.05) is 0 Å². The van der Waals surface area contributed by atoms with Crippen molar-refractivity contribution in [2.24, 2.45) is 23.7 Å². The van der Waals surface area contributed by atoms with Crippen molar-refractivity contribution in [1.82, 2.24) is 0 Å². The Kier molecular flexibility index (Phi) is 1.95. The molecule has 11 heavy (non-hydrogen) atoms. The first-order valence-corrected chi connectivity index (χ1v) is 5.33. The summed E-state index contributed by atoms with van der Waals surface area (Å²) < 4.78 is 0. The Labute approximate surface area is 70.4 Å². The van der Waals surface area contributed by atoms with Gasteiger partial charge in [0, 0.05) is 0 Å². The second kappa shape index (κ2) is 2.80. The topological polar surface area (TPSA) is 0 Å². The van der Waals surface area contributed by atoms with Crippen LogP contribution >= 0.6 is 0 Å². The lowest BCUT2D eigenvalue weighted by molar-refractivity contribution is 0.319. The summed E-state index contributed by atoms with van der Waals surface area (Å²) in [6.07, 6.45) is 7.59. The zero-order valence-corrected chi connectivity index (χ0v) is 7.84. The Morgan fingerprint density at radius 3 is 2.45 bits per heavy atom. The van der Waals surface area contributed by atoms with E-state index in [1.54, 1.807) is 12.8 Å². The first-order chi connectivity index (χ1) is 5.33. The van der Waals surface area contributed by atoms with Crippen LogP contribution in [0.25, 0.3) is 0 Å². The van der Waals surface area contributed by atoms with Crippen molar-refractivity contribution in [2.75, 3.05) is 0 Å². The molecule has 0 heteroatoms. The quantitative estimate of drug-likeness (QED) is 0.539. The van der Waals surface area contributed by atoms with E-state index >= 15 is 0 Å². The van der Waals surface area contributed by atoms with Crippen LogP contribution in [0.15, 0.2) is 0 Å². The van der Waals surface area contributed by atoms with Gasteiger partial charge in [-0.1, -0.05) is 26.7 Å². The van der Waals surface area contributed by atoms with Crippen molar-refractivity contribution in [3.63, 3.8) is 0 Å². The summed E-state index contributed by atoms with van der Waals surface area (Å²) in [6, 6.07) is 0. The molecule has 64 valence electrons. The molecule has 0 spiro atoms. The first kappa shape index (κ1) is 7.64. The lowest BCUT2D eigenvalue weighted by Gasteiger charge is -2.17. The van der Waals surface area contributed by atoms with Crippen molar-refractivity contribution in [3.8, 4) is 0 Å². The molecule has 0 amide bonds. The third-order valence-corrected chi connectivity index (χ3v) is 4.24. The van der Waals surface area contributed by atoms with Crippen molar-refractivity contribution < 1.29 is 0 Å². The minimum atomic E-state index is 1.05. The third kappa shape index (κ3) is 1.11. The SMILES string of the molecule is CCC1CCC2C(C)CCC12. The van der Waals surface area contributed by atoms with Gasteiger partial charge in [-0.15, -0.1) is 0 Å². The Bertz CT molecular complexity index is 139. The highest BCUT2D eigenvalue weighted by atomic mass is 14.5. The molecular formula is C11H20. The predicted octanol–water partition coefficient (Wildman–Crippen LogP) is 3.47. The van der Waals surface area contributed by atoms with Crippen LogP contribution in [-0.4, -0.2) is 0 Å². The molecule has 0 aromatic heterocycles. The van der Waals surface area contributed by atoms with E-state index in [0.29, 0.717) is 0 Å². The largest absolute Gasteiger partial charge is 0.0651 e. The summed E-state index contributed by atoms with van der Waals surface area (Å²) >= 11 is 0. The maximum atomic E-state index is 2.46. The molecule has 0 heterocycles. The van der Waals surface area contributed by atoms with Gasteiger partial charge >= 0.3 is 0 Å². The molecule has 0 nitrogen and oxygen atoms in total. The minimum Gasteiger partial charge on any atom is -0.0651 e. The molecule has 0 radical (unpaired) electrons. The molecule has 0 aliphatic heterocycles. The summed E-state index contributed by atoms with van der Waals surface area (Å²) in [5, 5.41) is 0. The number of hydrogen-bond donors (Lipinski definition) is 0. The number of fused-ring (bicyclic) bond motifs is 1. The van der Waals surface area contributed by atoms with Crippen molar-refractivity contribution in [2.45, 2.75) is 46.0 Å². The molecule has 2 fully saturated rings. The van der Waals surface area contributed by atoms with Crippen molar-refractivity contribution in [3.05, 3.63) is 0 Å². The highest BCUT2D eigenvalue weighted by Crippen LogP contribution is 2.51. The third-order valence-electron chi connectivity index (χ3n) is 4.24. The lowest BCUT2D eigenvalue weighted by Crippen LogP contribution is -2.10. The van der Waals surface area contributed by atoms with Crippen LogP contribution in [0.4, 0.5) is 0 Å². The fraction of sp³-hybridized carbons (Fsp3) is 1.00. The Hall–Kier alpha value is 0. The maximum absolute atomic E-state index is 2.46.